The number of ether oxygens (including phenoxy) is 3. The molecule has 7 heteroatoms. The van der Waals surface area contributed by atoms with Gasteiger partial charge in [-0.25, -0.2) is 0 Å². The third kappa shape index (κ3) is 4.82. The Balaban J connectivity index is 1.42. The molecule has 2 saturated heterocycles. The molecule has 2 aliphatic heterocycles. The maximum atomic E-state index is 13.0. The fourth-order valence-electron chi connectivity index (χ4n) is 4.07. The second-order valence-corrected chi connectivity index (χ2v) is 7.93. The first-order valence-corrected chi connectivity index (χ1v) is 10.7. The minimum Gasteiger partial charge on any atom is -0.493 e. The molecule has 0 saturated carbocycles. The third-order valence-electron chi connectivity index (χ3n) is 5.79. The highest BCUT2D eigenvalue weighted by atomic mass is 16.7. The molecule has 7 nitrogen and oxygen atoms in total. The van der Waals surface area contributed by atoms with E-state index in [0.29, 0.717) is 31.1 Å². The Morgan fingerprint density at radius 2 is 2.03 bits per heavy atom. The lowest BCUT2D eigenvalue weighted by atomic mass is 9.97. The fourth-order valence-corrected chi connectivity index (χ4v) is 4.07. The van der Waals surface area contributed by atoms with Crippen molar-refractivity contribution in [3.8, 4) is 11.5 Å². The van der Waals surface area contributed by atoms with E-state index in [9.17, 15) is 9.59 Å². The van der Waals surface area contributed by atoms with E-state index >= 15 is 0 Å². The number of hydrogen-bond acceptors (Lipinski definition) is 5. The maximum Gasteiger partial charge on any atom is 0.244 e. The van der Waals surface area contributed by atoms with Gasteiger partial charge in [0.05, 0.1) is 26.2 Å². The van der Waals surface area contributed by atoms with Crippen molar-refractivity contribution in [3.05, 3.63) is 53.6 Å². The predicted molar refractivity (Wildman–Crippen MR) is 116 cm³/mol. The van der Waals surface area contributed by atoms with E-state index in [2.05, 4.69) is 5.32 Å². The maximum absolute atomic E-state index is 13.0. The molecule has 0 spiro atoms. The number of benzene rings is 2. The number of carbonyl (C=O) groups is 2. The third-order valence-corrected chi connectivity index (χ3v) is 5.79. The molecule has 1 unspecified atom stereocenters. The molecule has 2 fully saturated rings. The summed E-state index contributed by atoms with van der Waals surface area (Å²) in [6, 6.07) is 13.2. The van der Waals surface area contributed by atoms with E-state index in [4.69, 9.17) is 14.2 Å². The van der Waals surface area contributed by atoms with Gasteiger partial charge in [0.1, 0.15) is 0 Å². The van der Waals surface area contributed by atoms with E-state index in [-0.39, 0.29) is 30.6 Å². The smallest absolute Gasteiger partial charge is 0.244 e. The van der Waals surface area contributed by atoms with Crippen molar-refractivity contribution in [2.75, 3.05) is 32.1 Å². The van der Waals surface area contributed by atoms with Crippen molar-refractivity contribution in [1.82, 2.24) is 4.90 Å². The Hall–Kier alpha value is -3.06. The quantitative estimate of drug-likeness (QED) is 0.737. The summed E-state index contributed by atoms with van der Waals surface area (Å²) in [6.45, 7) is 3.21. The van der Waals surface area contributed by atoms with Crippen LogP contribution in [0.15, 0.2) is 42.5 Å². The number of nitrogens with one attached hydrogen (secondary N) is 1. The van der Waals surface area contributed by atoms with Gasteiger partial charge in [-0.05, 0) is 49.1 Å². The molecular formula is C24H28N2O5. The summed E-state index contributed by atoms with van der Waals surface area (Å²) in [7, 11) is 1.59. The molecule has 2 aromatic carbocycles. The Labute approximate surface area is 182 Å². The zero-order valence-corrected chi connectivity index (χ0v) is 17.9. The van der Waals surface area contributed by atoms with E-state index in [1.165, 1.54) is 0 Å². The highest BCUT2D eigenvalue weighted by molar-refractivity contribution is 5.96. The molecule has 2 aliphatic rings. The molecule has 1 N–H and O–H groups in total. The number of carbonyl (C=O) groups excluding carboxylic acids is 2. The van der Waals surface area contributed by atoms with Crippen LogP contribution in [0.5, 0.6) is 11.5 Å². The summed E-state index contributed by atoms with van der Waals surface area (Å²) >= 11 is 0. The first-order chi connectivity index (χ1) is 15.0. The number of anilines is 1. The second kappa shape index (κ2) is 9.39. The van der Waals surface area contributed by atoms with E-state index in [1.807, 2.05) is 49.4 Å². The molecule has 164 valence electrons. The first kappa shape index (κ1) is 21.2. The topological polar surface area (TPSA) is 77.1 Å². The number of likely N-dealkylation sites (tertiary alicyclic amines) is 1. The summed E-state index contributed by atoms with van der Waals surface area (Å²) < 4.78 is 16.9. The van der Waals surface area contributed by atoms with E-state index < -0.39 is 0 Å². The monoisotopic (exact) mass is 424 g/mol. The zero-order chi connectivity index (χ0) is 21.8. The van der Waals surface area contributed by atoms with Gasteiger partial charge in [0.25, 0.3) is 0 Å². The van der Waals surface area contributed by atoms with Crippen molar-refractivity contribution in [2.45, 2.75) is 38.4 Å². The van der Waals surface area contributed by atoms with Gasteiger partial charge in [-0.15, -0.1) is 0 Å². The van der Waals surface area contributed by atoms with Gasteiger partial charge in [0.2, 0.25) is 11.8 Å². The average molecular weight is 424 g/mol. The normalized spacial score (nSPS) is 20.7. The number of para-hydroxylation sites is 1. The van der Waals surface area contributed by atoms with Crippen LogP contribution in [0.2, 0.25) is 0 Å². The lowest BCUT2D eigenvalue weighted by Crippen LogP contribution is -2.35. The molecule has 4 rings (SSSR count). The molecule has 2 heterocycles. The Bertz CT molecular complexity index is 955. The van der Waals surface area contributed by atoms with Crippen LogP contribution >= 0.6 is 0 Å². The van der Waals surface area contributed by atoms with E-state index in [0.717, 1.165) is 29.7 Å². The van der Waals surface area contributed by atoms with Gasteiger partial charge in [-0.3, -0.25) is 9.59 Å². The van der Waals surface area contributed by atoms with Gasteiger partial charge in [-0.1, -0.05) is 24.3 Å². The molecule has 0 aromatic heterocycles. The van der Waals surface area contributed by atoms with Gasteiger partial charge >= 0.3 is 0 Å². The lowest BCUT2D eigenvalue weighted by molar-refractivity contribution is -0.132. The summed E-state index contributed by atoms with van der Waals surface area (Å²) in [5.74, 6) is 0.646. The van der Waals surface area contributed by atoms with Crippen LogP contribution in [0.3, 0.4) is 0 Å². The highest BCUT2D eigenvalue weighted by Crippen LogP contribution is 2.36. The molecule has 0 aliphatic carbocycles. The molecule has 0 radical (unpaired) electrons. The molecular weight excluding hydrogens is 396 g/mol. The van der Waals surface area contributed by atoms with Crippen molar-refractivity contribution >= 4 is 17.5 Å². The van der Waals surface area contributed by atoms with Crippen LogP contribution in [0.1, 0.15) is 36.3 Å². The van der Waals surface area contributed by atoms with Gasteiger partial charge in [0, 0.05) is 18.7 Å². The van der Waals surface area contributed by atoms with Crippen molar-refractivity contribution in [2.24, 2.45) is 0 Å². The molecule has 2 amide bonds. The van der Waals surface area contributed by atoms with Crippen LogP contribution in [0.4, 0.5) is 5.69 Å². The van der Waals surface area contributed by atoms with Crippen LogP contribution in [-0.4, -0.2) is 49.8 Å². The van der Waals surface area contributed by atoms with Crippen molar-refractivity contribution in [3.63, 3.8) is 0 Å². The number of amides is 2. The predicted octanol–water partition coefficient (Wildman–Crippen LogP) is 3.47. The average Bonchev–Trinajstić information content (AvgIpc) is 3.40. The lowest BCUT2D eigenvalue weighted by Gasteiger charge is -2.19. The SMILES string of the molecule is COc1ccc(C2CCN(CC(=O)Nc3ccccc3C)C2=O)cc1O[C@@H]1CCCO1. The van der Waals surface area contributed by atoms with E-state index in [1.54, 1.807) is 12.0 Å². The summed E-state index contributed by atoms with van der Waals surface area (Å²) in [4.78, 5) is 27.1. The Kier molecular flexibility index (Phi) is 6.42. The van der Waals surface area contributed by atoms with Crippen molar-refractivity contribution < 1.29 is 23.8 Å². The summed E-state index contributed by atoms with van der Waals surface area (Å²) in [5, 5.41) is 2.89. The summed E-state index contributed by atoms with van der Waals surface area (Å²) in [5.41, 5.74) is 2.61. The number of aryl methyl sites for hydroxylation is 1. The van der Waals surface area contributed by atoms with Crippen LogP contribution in [0.25, 0.3) is 0 Å². The molecule has 2 atom stereocenters. The van der Waals surface area contributed by atoms with Crippen LogP contribution in [-0.2, 0) is 14.3 Å². The number of rotatable bonds is 7. The largest absolute Gasteiger partial charge is 0.493 e. The standard InChI is InChI=1S/C24H28N2O5/c1-16-6-3-4-7-19(16)25-22(27)15-26-12-11-18(24(26)28)17-9-10-20(29-2)21(14-17)31-23-8-5-13-30-23/h3-4,6-7,9-10,14,18,23H,5,8,11-13,15H2,1-2H3,(H,25,27)/t18?,23-/m1/s1. The summed E-state index contributed by atoms with van der Waals surface area (Å²) in [6.07, 6.45) is 2.17. The number of hydrogen-bond donors (Lipinski definition) is 1. The van der Waals surface area contributed by atoms with Gasteiger partial charge in [0.15, 0.2) is 17.8 Å². The minimum absolute atomic E-state index is 0.0408. The molecule has 31 heavy (non-hydrogen) atoms. The molecule has 2 aromatic rings. The van der Waals surface area contributed by atoms with Crippen LogP contribution < -0.4 is 14.8 Å². The Morgan fingerprint density at radius 1 is 1.19 bits per heavy atom. The second-order valence-electron chi connectivity index (χ2n) is 7.93. The molecule has 0 bridgehead atoms. The highest BCUT2D eigenvalue weighted by Gasteiger charge is 2.34. The van der Waals surface area contributed by atoms with Gasteiger partial charge < -0.3 is 24.4 Å². The fraction of sp³-hybridized carbons (Fsp3) is 0.417. The van der Waals surface area contributed by atoms with Crippen LogP contribution in [0, 0.1) is 6.92 Å². The van der Waals surface area contributed by atoms with Crippen molar-refractivity contribution in [1.29, 1.82) is 0 Å². The number of methoxy groups -OCH3 is 1. The van der Waals surface area contributed by atoms with Gasteiger partial charge in [-0.2, -0.15) is 0 Å². The number of nitrogens with zero attached hydrogens (tertiary/aromatic N) is 1. The zero-order valence-electron chi connectivity index (χ0n) is 17.9. The minimum atomic E-state index is -0.302. The first-order valence-electron chi connectivity index (χ1n) is 10.7. The Morgan fingerprint density at radius 3 is 2.77 bits per heavy atom.